The van der Waals surface area contributed by atoms with Crippen molar-refractivity contribution in [1.82, 2.24) is 14.8 Å². The molecule has 2 aromatic heterocycles. The molecule has 0 radical (unpaired) electrons. The highest BCUT2D eigenvalue weighted by Gasteiger charge is 1.97. The maximum atomic E-state index is 5.06. The summed E-state index contributed by atoms with van der Waals surface area (Å²) in [5.74, 6) is 0.809. The molecule has 0 aliphatic heterocycles. The number of aryl methyl sites for hydroxylation is 1. The third-order valence-corrected chi connectivity index (χ3v) is 1.66. The van der Waals surface area contributed by atoms with Crippen LogP contribution in [0.25, 0.3) is 0 Å². The summed E-state index contributed by atoms with van der Waals surface area (Å²) in [6.07, 6.45) is 6.76. The van der Waals surface area contributed by atoms with E-state index in [2.05, 4.69) is 15.4 Å². The predicted octanol–water partition coefficient (Wildman–Crippen LogP) is 1.02. The molecule has 5 nitrogen and oxygen atoms in total. The molecule has 0 saturated carbocycles. The first-order valence-electron chi connectivity index (χ1n) is 3.94. The fourth-order valence-electron chi connectivity index (χ4n) is 1.03. The second kappa shape index (κ2) is 3.30. The minimum Gasteiger partial charge on any atom is -0.447 e. The summed E-state index contributed by atoms with van der Waals surface area (Å²) in [5, 5.41) is 7.18. The van der Waals surface area contributed by atoms with Crippen LogP contribution in [0.4, 0.5) is 5.69 Å². The molecule has 68 valence electrons. The van der Waals surface area contributed by atoms with Crippen molar-refractivity contribution in [2.24, 2.45) is 7.05 Å². The van der Waals surface area contributed by atoms with Gasteiger partial charge in [-0.05, 0) is 0 Å². The lowest BCUT2D eigenvalue weighted by Crippen LogP contribution is -1.96. The van der Waals surface area contributed by atoms with Crippen LogP contribution in [0.2, 0.25) is 0 Å². The van der Waals surface area contributed by atoms with Gasteiger partial charge in [0, 0.05) is 13.2 Å². The second-order valence-electron chi connectivity index (χ2n) is 2.72. The third-order valence-electron chi connectivity index (χ3n) is 1.66. The summed E-state index contributed by atoms with van der Waals surface area (Å²) in [7, 11) is 1.87. The number of nitrogens with zero attached hydrogens (tertiary/aromatic N) is 3. The van der Waals surface area contributed by atoms with Crippen molar-refractivity contribution in [2.45, 2.75) is 6.54 Å². The van der Waals surface area contributed by atoms with E-state index in [1.807, 2.05) is 13.2 Å². The number of hydrogen-bond acceptors (Lipinski definition) is 4. The Bertz CT molecular complexity index is 365. The van der Waals surface area contributed by atoms with Crippen LogP contribution in [0.5, 0.6) is 0 Å². The Balaban J connectivity index is 1.93. The molecule has 0 spiro atoms. The molecule has 2 rings (SSSR count). The van der Waals surface area contributed by atoms with Gasteiger partial charge in [-0.3, -0.25) is 4.68 Å². The quantitative estimate of drug-likeness (QED) is 0.762. The van der Waals surface area contributed by atoms with E-state index in [0.29, 0.717) is 6.54 Å². The van der Waals surface area contributed by atoms with Gasteiger partial charge >= 0.3 is 0 Å². The molecule has 0 atom stereocenters. The normalized spacial score (nSPS) is 10.2. The van der Waals surface area contributed by atoms with Gasteiger partial charge in [-0.1, -0.05) is 0 Å². The number of hydrogen-bond donors (Lipinski definition) is 1. The van der Waals surface area contributed by atoms with Crippen LogP contribution in [-0.2, 0) is 13.6 Å². The third kappa shape index (κ3) is 1.87. The Morgan fingerprint density at radius 3 is 3.08 bits per heavy atom. The maximum Gasteiger partial charge on any atom is 0.180 e. The smallest absolute Gasteiger partial charge is 0.180 e. The van der Waals surface area contributed by atoms with Crippen molar-refractivity contribution in [3.8, 4) is 0 Å². The van der Waals surface area contributed by atoms with Crippen LogP contribution in [0.15, 0.2) is 29.4 Å². The lowest BCUT2D eigenvalue weighted by molar-refractivity contribution is 0.512. The molecular formula is C8H10N4O. The summed E-state index contributed by atoms with van der Waals surface area (Å²) in [6, 6.07) is 0. The zero-order chi connectivity index (χ0) is 9.10. The van der Waals surface area contributed by atoms with E-state index in [9.17, 15) is 0 Å². The molecule has 0 bridgehead atoms. The molecule has 5 heteroatoms. The van der Waals surface area contributed by atoms with Crippen molar-refractivity contribution in [1.29, 1.82) is 0 Å². The number of nitrogens with one attached hydrogen (secondary N) is 1. The number of oxazole rings is 1. The highest BCUT2D eigenvalue weighted by Crippen LogP contribution is 2.06. The van der Waals surface area contributed by atoms with Crippen molar-refractivity contribution < 1.29 is 4.42 Å². The molecular weight excluding hydrogens is 168 g/mol. The van der Waals surface area contributed by atoms with Crippen LogP contribution in [0, 0.1) is 0 Å². The molecule has 0 aliphatic carbocycles. The summed E-state index contributed by atoms with van der Waals surface area (Å²) in [5.41, 5.74) is 0.971. The van der Waals surface area contributed by atoms with Gasteiger partial charge in [-0.25, -0.2) is 4.98 Å². The SMILES string of the molecule is Cn1cc(NCc2cnco2)cn1. The van der Waals surface area contributed by atoms with E-state index in [1.54, 1.807) is 17.1 Å². The molecule has 2 heterocycles. The number of rotatable bonds is 3. The van der Waals surface area contributed by atoms with Crippen LogP contribution in [-0.4, -0.2) is 14.8 Å². The molecule has 0 amide bonds. The van der Waals surface area contributed by atoms with Gasteiger partial charge in [0.1, 0.15) is 5.76 Å². The largest absolute Gasteiger partial charge is 0.447 e. The molecule has 0 aliphatic rings. The first-order chi connectivity index (χ1) is 6.34. The molecule has 13 heavy (non-hydrogen) atoms. The summed E-state index contributed by atoms with van der Waals surface area (Å²) < 4.78 is 6.80. The van der Waals surface area contributed by atoms with E-state index >= 15 is 0 Å². The monoisotopic (exact) mass is 178 g/mol. The molecule has 0 aromatic carbocycles. The first-order valence-corrected chi connectivity index (χ1v) is 3.94. The van der Waals surface area contributed by atoms with Crippen LogP contribution in [0.3, 0.4) is 0 Å². The Morgan fingerprint density at radius 2 is 2.46 bits per heavy atom. The summed E-state index contributed by atoms with van der Waals surface area (Å²) in [6.45, 7) is 0.631. The van der Waals surface area contributed by atoms with Gasteiger partial charge in [0.25, 0.3) is 0 Å². The van der Waals surface area contributed by atoms with E-state index in [0.717, 1.165) is 11.4 Å². The minimum atomic E-state index is 0.631. The number of aromatic nitrogens is 3. The van der Waals surface area contributed by atoms with Gasteiger partial charge < -0.3 is 9.73 Å². The number of anilines is 1. The Hall–Kier alpha value is -1.78. The minimum absolute atomic E-state index is 0.631. The fraction of sp³-hybridized carbons (Fsp3) is 0.250. The zero-order valence-electron chi connectivity index (χ0n) is 7.27. The van der Waals surface area contributed by atoms with Crippen LogP contribution >= 0.6 is 0 Å². The van der Waals surface area contributed by atoms with Crippen molar-refractivity contribution in [3.05, 3.63) is 30.7 Å². The van der Waals surface area contributed by atoms with Gasteiger partial charge in [0.15, 0.2) is 6.39 Å². The predicted molar refractivity (Wildman–Crippen MR) is 47.0 cm³/mol. The van der Waals surface area contributed by atoms with Crippen molar-refractivity contribution in [3.63, 3.8) is 0 Å². The lowest BCUT2D eigenvalue weighted by Gasteiger charge is -1.97. The van der Waals surface area contributed by atoms with Gasteiger partial charge in [0.05, 0.1) is 24.6 Å². The lowest BCUT2D eigenvalue weighted by atomic mass is 10.4. The van der Waals surface area contributed by atoms with Gasteiger partial charge in [-0.15, -0.1) is 0 Å². The summed E-state index contributed by atoms with van der Waals surface area (Å²) >= 11 is 0. The van der Waals surface area contributed by atoms with Gasteiger partial charge in [0.2, 0.25) is 0 Å². The average Bonchev–Trinajstić information content (AvgIpc) is 2.71. The van der Waals surface area contributed by atoms with Crippen molar-refractivity contribution >= 4 is 5.69 Å². The Labute approximate surface area is 75.4 Å². The van der Waals surface area contributed by atoms with E-state index in [-0.39, 0.29) is 0 Å². The van der Waals surface area contributed by atoms with E-state index in [4.69, 9.17) is 4.42 Å². The molecule has 0 fully saturated rings. The second-order valence-corrected chi connectivity index (χ2v) is 2.72. The van der Waals surface area contributed by atoms with Crippen LogP contribution in [0.1, 0.15) is 5.76 Å². The van der Waals surface area contributed by atoms with Crippen molar-refractivity contribution in [2.75, 3.05) is 5.32 Å². The Morgan fingerprint density at radius 1 is 1.54 bits per heavy atom. The zero-order valence-corrected chi connectivity index (χ0v) is 7.27. The summed E-state index contributed by atoms with van der Waals surface area (Å²) in [4.78, 5) is 3.81. The first kappa shape index (κ1) is 7.85. The fourth-order valence-corrected chi connectivity index (χ4v) is 1.03. The van der Waals surface area contributed by atoms with Crippen LogP contribution < -0.4 is 5.32 Å². The maximum absolute atomic E-state index is 5.06. The molecule has 0 unspecified atom stereocenters. The Kier molecular flexibility index (Phi) is 1.99. The molecule has 1 N–H and O–H groups in total. The van der Waals surface area contributed by atoms with Gasteiger partial charge in [-0.2, -0.15) is 5.10 Å². The van der Waals surface area contributed by atoms with E-state index in [1.165, 1.54) is 6.39 Å². The average molecular weight is 178 g/mol. The highest BCUT2D eigenvalue weighted by atomic mass is 16.3. The standard InChI is InChI=1S/C8H10N4O/c1-12-5-7(2-11-12)10-4-8-3-9-6-13-8/h2-3,5-6,10H,4H2,1H3. The molecule has 2 aromatic rings. The topological polar surface area (TPSA) is 55.9 Å². The molecule has 0 saturated heterocycles. The van der Waals surface area contributed by atoms with E-state index < -0.39 is 0 Å². The highest BCUT2D eigenvalue weighted by molar-refractivity contribution is 5.37.